The van der Waals surface area contributed by atoms with Crippen LogP contribution < -0.4 is 9.80 Å². The molecule has 0 saturated carbocycles. The largest absolute Gasteiger partial charge is 0.310 e. The van der Waals surface area contributed by atoms with Crippen molar-refractivity contribution in [3.63, 3.8) is 0 Å². The first kappa shape index (κ1) is 29.0. The molecule has 0 unspecified atom stereocenters. The Morgan fingerprint density at radius 2 is 0.800 bits per heavy atom. The summed E-state index contributed by atoms with van der Waals surface area (Å²) in [6.07, 6.45) is 0. The first-order valence-electron chi connectivity index (χ1n) is 16.8. The molecule has 2 heterocycles. The minimum absolute atomic E-state index is 1.14. The van der Waals surface area contributed by atoms with E-state index in [1.165, 1.54) is 56.8 Å². The van der Waals surface area contributed by atoms with Gasteiger partial charge < -0.3 is 9.80 Å². The fraction of sp³-hybridized carbons (Fsp3) is 0. The molecule has 10 rings (SSSR count). The van der Waals surface area contributed by atoms with E-state index in [1.54, 1.807) is 0 Å². The summed E-state index contributed by atoms with van der Waals surface area (Å²) in [6.45, 7) is 0. The Hall–Kier alpha value is -5.94. The lowest BCUT2D eigenvalue weighted by atomic mass is 10.0. The SMILES string of the molecule is c1ccc(N(c2ccccc2)c2ccc3c(c2)sc2ccc(N(c4ccccc4)c4cc5c6ccccc6sc5c5ccccc45)cc23)cc1. The molecule has 0 atom stereocenters. The second kappa shape index (κ2) is 11.9. The highest BCUT2D eigenvalue weighted by Crippen LogP contribution is 2.48. The van der Waals surface area contributed by atoms with Gasteiger partial charge in [0.05, 0.1) is 5.69 Å². The van der Waals surface area contributed by atoms with Gasteiger partial charge in [0.1, 0.15) is 0 Å². The van der Waals surface area contributed by atoms with Crippen LogP contribution in [0.25, 0.3) is 51.1 Å². The third kappa shape index (κ3) is 4.76. The molecule has 4 heteroatoms. The van der Waals surface area contributed by atoms with Crippen LogP contribution in [0, 0.1) is 0 Å². The van der Waals surface area contributed by atoms with E-state index in [4.69, 9.17) is 0 Å². The summed E-state index contributed by atoms with van der Waals surface area (Å²) in [6, 6.07) is 66.0. The molecule has 50 heavy (non-hydrogen) atoms. The normalized spacial score (nSPS) is 11.6. The topological polar surface area (TPSA) is 6.48 Å². The molecule has 10 aromatic rings. The quantitative estimate of drug-likeness (QED) is 0.173. The van der Waals surface area contributed by atoms with E-state index < -0.39 is 0 Å². The molecule has 0 aliphatic heterocycles. The Labute approximate surface area is 298 Å². The van der Waals surface area contributed by atoms with Crippen LogP contribution in [-0.4, -0.2) is 0 Å². The third-order valence-electron chi connectivity index (χ3n) is 9.60. The van der Waals surface area contributed by atoms with E-state index in [9.17, 15) is 0 Å². The van der Waals surface area contributed by atoms with Gasteiger partial charge in [-0.05, 0) is 78.9 Å². The first-order valence-corrected chi connectivity index (χ1v) is 18.5. The number of hydrogen-bond donors (Lipinski definition) is 0. The molecule has 0 saturated heterocycles. The van der Waals surface area contributed by atoms with Gasteiger partial charge in [-0.25, -0.2) is 0 Å². The van der Waals surface area contributed by atoms with Gasteiger partial charge >= 0.3 is 0 Å². The highest BCUT2D eigenvalue weighted by Gasteiger charge is 2.21. The number of nitrogens with zero attached hydrogens (tertiary/aromatic N) is 2. The molecule has 2 nitrogen and oxygen atoms in total. The average Bonchev–Trinajstić information content (AvgIpc) is 3.74. The Kier molecular flexibility index (Phi) is 6.90. The molecule has 0 fully saturated rings. The van der Waals surface area contributed by atoms with Crippen molar-refractivity contribution in [1.29, 1.82) is 0 Å². The summed E-state index contributed by atoms with van der Waals surface area (Å²) in [4.78, 5) is 4.78. The molecule has 0 amide bonds. The summed E-state index contributed by atoms with van der Waals surface area (Å²) in [5.41, 5.74) is 6.90. The smallest absolute Gasteiger partial charge is 0.0547 e. The molecule has 8 aromatic carbocycles. The van der Waals surface area contributed by atoms with Crippen molar-refractivity contribution in [2.75, 3.05) is 9.80 Å². The van der Waals surface area contributed by atoms with Crippen LogP contribution in [-0.2, 0) is 0 Å². The molecule has 0 aliphatic rings. The lowest BCUT2D eigenvalue weighted by Crippen LogP contribution is -2.10. The Balaban J connectivity index is 1.17. The summed E-state index contributed by atoms with van der Waals surface area (Å²) >= 11 is 3.75. The average molecular weight is 675 g/mol. The number of rotatable bonds is 6. The molecule has 0 aliphatic carbocycles. The van der Waals surface area contributed by atoms with Crippen LogP contribution in [0.15, 0.2) is 182 Å². The van der Waals surface area contributed by atoms with E-state index in [2.05, 4.69) is 192 Å². The molecule has 0 N–H and O–H groups in total. The van der Waals surface area contributed by atoms with Gasteiger partial charge in [-0.15, -0.1) is 22.7 Å². The van der Waals surface area contributed by atoms with Crippen LogP contribution >= 0.6 is 22.7 Å². The molecule has 0 spiro atoms. The van der Waals surface area contributed by atoms with Crippen molar-refractivity contribution in [3.05, 3.63) is 182 Å². The summed E-state index contributed by atoms with van der Waals surface area (Å²) in [7, 11) is 0. The Morgan fingerprint density at radius 1 is 0.280 bits per heavy atom. The number of thiophene rings is 2. The molecular formula is C46H30N2S2. The van der Waals surface area contributed by atoms with E-state index in [-0.39, 0.29) is 0 Å². The maximum atomic E-state index is 2.44. The lowest BCUT2D eigenvalue weighted by molar-refractivity contribution is 1.29. The summed E-state index contributed by atoms with van der Waals surface area (Å²) in [5, 5.41) is 7.69. The predicted molar refractivity (Wildman–Crippen MR) is 219 cm³/mol. The minimum Gasteiger partial charge on any atom is -0.310 e. The maximum absolute atomic E-state index is 2.44. The van der Waals surface area contributed by atoms with Crippen molar-refractivity contribution >= 4 is 108 Å². The van der Waals surface area contributed by atoms with Gasteiger partial charge in [-0.1, -0.05) is 103 Å². The third-order valence-corrected chi connectivity index (χ3v) is 12.0. The fourth-order valence-corrected chi connectivity index (χ4v) is 9.69. The molecule has 236 valence electrons. The van der Waals surface area contributed by atoms with Crippen molar-refractivity contribution in [1.82, 2.24) is 0 Å². The fourth-order valence-electron chi connectivity index (χ4n) is 7.35. The van der Waals surface area contributed by atoms with Gasteiger partial charge in [0.25, 0.3) is 0 Å². The number of benzene rings is 8. The van der Waals surface area contributed by atoms with Crippen LogP contribution in [0.2, 0.25) is 0 Å². The molecule has 0 radical (unpaired) electrons. The Morgan fingerprint density at radius 3 is 1.50 bits per heavy atom. The molecule has 2 aromatic heterocycles. The standard InChI is InChI=1S/C46H30N2S2/c1-4-14-31(15-5-1)47(32-16-6-2-7-17-32)35-24-26-38-40-28-34(25-27-44(40)49-45(38)29-35)48(33-18-8-3-9-19-33)42-30-41-37-21-12-13-23-43(37)50-46(41)39-22-11-10-20-36(39)42/h1-30H. The Bertz CT molecular complexity index is 2780. The van der Waals surface area contributed by atoms with Gasteiger partial charge in [-0.3, -0.25) is 0 Å². The van der Waals surface area contributed by atoms with Crippen LogP contribution in [0.1, 0.15) is 0 Å². The zero-order valence-corrected chi connectivity index (χ0v) is 28.7. The second-order valence-electron chi connectivity index (χ2n) is 12.6. The minimum atomic E-state index is 1.14. The molecule has 0 bridgehead atoms. The van der Waals surface area contributed by atoms with E-state index in [1.807, 2.05) is 22.7 Å². The van der Waals surface area contributed by atoms with Crippen LogP contribution in [0.3, 0.4) is 0 Å². The lowest BCUT2D eigenvalue weighted by Gasteiger charge is -2.27. The van der Waals surface area contributed by atoms with E-state index >= 15 is 0 Å². The van der Waals surface area contributed by atoms with Gasteiger partial charge in [0.2, 0.25) is 0 Å². The van der Waals surface area contributed by atoms with Gasteiger partial charge in [0, 0.05) is 79.6 Å². The summed E-state index contributed by atoms with van der Waals surface area (Å²) < 4.78 is 5.21. The van der Waals surface area contributed by atoms with E-state index in [0.29, 0.717) is 0 Å². The second-order valence-corrected chi connectivity index (χ2v) is 14.7. The monoisotopic (exact) mass is 674 g/mol. The van der Waals surface area contributed by atoms with Crippen LogP contribution in [0.5, 0.6) is 0 Å². The van der Waals surface area contributed by atoms with Gasteiger partial charge in [-0.2, -0.15) is 0 Å². The summed E-state index contributed by atoms with van der Waals surface area (Å²) in [5.74, 6) is 0. The predicted octanol–water partition coefficient (Wildman–Crippen LogP) is 14.5. The number of fused-ring (bicyclic) bond motifs is 8. The highest BCUT2D eigenvalue weighted by molar-refractivity contribution is 7.26. The number of hydrogen-bond acceptors (Lipinski definition) is 4. The zero-order chi connectivity index (χ0) is 33.0. The van der Waals surface area contributed by atoms with Crippen molar-refractivity contribution < 1.29 is 0 Å². The van der Waals surface area contributed by atoms with Crippen molar-refractivity contribution in [2.45, 2.75) is 0 Å². The highest BCUT2D eigenvalue weighted by atomic mass is 32.1. The van der Waals surface area contributed by atoms with Crippen LogP contribution in [0.4, 0.5) is 34.1 Å². The number of anilines is 6. The first-order chi connectivity index (χ1) is 24.8. The molecular weight excluding hydrogens is 645 g/mol. The zero-order valence-electron chi connectivity index (χ0n) is 27.0. The van der Waals surface area contributed by atoms with Crippen molar-refractivity contribution in [3.8, 4) is 0 Å². The number of para-hydroxylation sites is 3. The van der Waals surface area contributed by atoms with E-state index in [0.717, 1.165) is 28.4 Å². The maximum Gasteiger partial charge on any atom is 0.0547 e. The van der Waals surface area contributed by atoms with Gasteiger partial charge in [0.15, 0.2) is 0 Å². The van der Waals surface area contributed by atoms with Crippen molar-refractivity contribution in [2.24, 2.45) is 0 Å².